The van der Waals surface area contributed by atoms with Crippen molar-refractivity contribution in [3.63, 3.8) is 0 Å². The molecule has 15 heteroatoms. The van der Waals surface area contributed by atoms with Crippen molar-refractivity contribution in [1.82, 2.24) is 19.9 Å². The number of nitrogens with zero attached hydrogens (tertiary/aromatic N) is 4. The summed E-state index contributed by atoms with van der Waals surface area (Å²) in [6.45, 7) is -0.118. The lowest BCUT2D eigenvalue weighted by molar-refractivity contribution is -0.229. The zero-order valence-electron chi connectivity index (χ0n) is 24.4. The first-order valence-corrected chi connectivity index (χ1v) is 13.7. The lowest BCUT2D eigenvalue weighted by atomic mass is 10.0. The van der Waals surface area contributed by atoms with Crippen molar-refractivity contribution in [2.45, 2.75) is 6.29 Å². The van der Waals surface area contributed by atoms with Gasteiger partial charge in [-0.15, -0.1) is 0 Å². The summed E-state index contributed by atoms with van der Waals surface area (Å²) < 4.78 is 26.8. The average Bonchev–Trinajstić information content (AvgIpc) is 3.04. The predicted octanol–water partition coefficient (Wildman–Crippen LogP) is 6.81. The summed E-state index contributed by atoms with van der Waals surface area (Å²) in [6, 6.07) is 17.4. The fourth-order valence-corrected chi connectivity index (χ4v) is 3.96. The van der Waals surface area contributed by atoms with Gasteiger partial charge in [0.1, 0.15) is 47.7 Å². The molecular formula is C30H30Cl2N4O9. The SMILES string of the molecule is CO/C=C(/COO)c1ccccc1Oc1cc(Cl)ncn1.COC(/C=C(/COO)c1ccccc1Oc1cc(Cl)ncn1)OC. The summed E-state index contributed by atoms with van der Waals surface area (Å²) in [5.41, 5.74) is 2.60. The molecule has 0 amide bonds. The number of methoxy groups -OCH3 is 3. The van der Waals surface area contributed by atoms with Crippen LogP contribution in [0.1, 0.15) is 11.1 Å². The van der Waals surface area contributed by atoms with Gasteiger partial charge in [-0.3, -0.25) is 10.5 Å². The highest BCUT2D eigenvalue weighted by Gasteiger charge is 2.14. The molecule has 0 aliphatic heterocycles. The Morgan fingerprint density at radius 1 is 0.711 bits per heavy atom. The van der Waals surface area contributed by atoms with Crippen LogP contribution in [0.15, 0.2) is 85.7 Å². The van der Waals surface area contributed by atoms with Gasteiger partial charge in [-0.1, -0.05) is 59.6 Å². The first kappa shape index (κ1) is 35.3. The van der Waals surface area contributed by atoms with Crippen LogP contribution in [-0.2, 0) is 24.0 Å². The molecule has 0 aliphatic carbocycles. The summed E-state index contributed by atoms with van der Waals surface area (Å²) in [6.07, 6.45) is 5.15. The van der Waals surface area contributed by atoms with Gasteiger partial charge in [0, 0.05) is 43.1 Å². The molecule has 2 heterocycles. The summed E-state index contributed by atoms with van der Waals surface area (Å²) in [4.78, 5) is 24.1. The number of rotatable bonds is 14. The van der Waals surface area contributed by atoms with E-state index >= 15 is 0 Å². The van der Waals surface area contributed by atoms with Gasteiger partial charge >= 0.3 is 0 Å². The fraction of sp³-hybridized carbons (Fsp3) is 0.200. The first-order chi connectivity index (χ1) is 21.9. The van der Waals surface area contributed by atoms with Crippen LogP contribution in [0.5, 0.6) is 23.3 Å². The van der Waals surface area contributed by atoms with E-state index in [1.165, 1.54) is 52.4 Å². The molecule has 0 atom stereocenters. The quantitative estimate of drug-likeness (QED) is 0.0478. The molecule has 238 valence electrons. The van der Waals surface area contributed by atoms with Gasteiger partial charge in [0.25, 0.3) is 0 Å². The van der Waals surface area contributed by atoms with Crippen LogP contribution in [0, 0.1) is 0 Å². The third kappa shape index (κ3) is 11.4. The second-order valence-corrected chi connectivity index (χ2v) is 9.29. The van der Waals surface area contributed by atoms with Crippen molar-refractivity contribution < 1.29 is 44.0 Å². The van der Waals surface area contributed by atoms with Crippen LogP contribution in [0.25, 0.3) is 11.1 Å². The van der Waals surface area contributed by atoms with Crippen LogP contribution in [0.3, 0.4) is 0 Å². The van der Waals surface area contributed by atoms with E-state index < -0.39 is 6.29 Å². The van der Waals surface area contributed by atoms with Crippen molar-refractivity contribution in [2.75, 3.05) is 34.5 Å². The highest BCUT2D eigenvalue weighted by Crippen LogP contribution is 2.31. The minimum Gasteiger partial charge on any atom is -0.504 e. The van der Waals surface area contributed by atoms with E-state index in [2.05, 4.69) is 29.7 Å². The van der Waals surface area contributed by atoms with E-state index in [4.69, 9.17) is 57.4 Å². The standard InChI is InChI=1S/C16H17ClN2O5.C14H13ClN2O4/c1-21-16(22-2)7-11(9-23-20)12-5-3-4-6-13(12)24-15-8-14(17)18-10-19-15;1-19-7-10(8-20-18)11-4-2-3-5-12(11)21-14-6-13(15)16-9-17-14/h3-8,10,16,20H,9H2,1-2H3;2-7,9,18H,8H2,1H3/b11-7-;10-7-. The molecule has 0 bridgehead atoms. The van der Waals surface area contributed by atoms with Crippen molar-refractivity contribution in [3.05, 3.63) is 107 Å². The van der Waals surface area contributed by atoms with Gasteiger partial charge in [0.15, 0.2) is 6.29 Å². The number of aromatic nitrogens is 4. The second kappa shape index (κ2) is 19.3. The number of halogens is 2. The van der Waals surface area contributed by atoms with Crippen molar-refractivity contribution in [1.29, 1.82) is 0 Å². The second-order valence-electron chi connectivity index (χ2n) is 8.51. The van der Waals surface area contributed by atoms with Crippen molar-refractivity contribution in [3.8, 4) is 23.3 Å². The van der Waals surface area contributed by atoms with E-state index in [9.17, 15) is 0 Å². The lowest BCUT2D eigenvalue weighted by Crippen LogP contribution is -2.11. The Hall–Kier alpha value is -4.18. The van der Waals surface area contributed by atoms with Gasteiger partial charge < -0.3 is 23.7 Å². The van der Waals surface area contributed by atoms with Gasteiger partial charge in [-0.25, -0.2) is 29.7 Å². The number of hydrogen-bond donors (Lipinski definition) is 2. The third-order valence-electron chi connectivity index (χ3n) is 5.61. The molecule has 0 aliphatic rings. The lowest BCUT2D eigenvalue weighted by Gasteiger charge is -2.15. The molecule has 4 rings (SSSR count). The van der Waals surface area contributed by atoms with Crippen LogP contribution in [-0.4, -0.2) is 71.3 Å². The van der Waals surface area contributed by atoms with Crippen LogP contribution >= 0.6 is 23.2 Å². The summed E-state index contributed by atoms with van der Waals surface area (Å²) in [7, 11) is 4.52. The van der Waals surface area contributed by atoms with E-state index in [-0.39, 0.29) is 23.5 Å². The first-order valence-electron chi connectivity index (χ1n) is 12.9. The van der Waals surface area contributed by atoms with Gasteiger partial charge in [-0.2, -0.15) is 0 Å². The largest absolute Gasteiger partial charge is 0.504 e. The minimum absolute atomic E-state index is 0.0429. The maximum absolute atomic E-state index is 8.87. The molecule has 45 heavy (non-hydrogen) atoms. The number of benzene rings is 2. The molecule has 0 spiro atoms. The molecule has 2 aromatic carbocycles. The zero-order valence-corrected chi connectivity index (χ0v) is 25.9. The van der Waals surface area contributed by atoms with Gasteiger partial charge in [0.2, 0.25) is 11.8 Å². The molecular weight excluding hydrogens is 631 g/mol. The number of ether oxygens (including phenoxy) is 5. The van der Waals surface area contributed by atoms with E-state index in [1.54, 1.807) is 18.2 Å². The highest BCUT2D eigenvalue weighted by atomic mass is 35.5. The van der Waals surface area contributed by atoms with Crippen LogP contribution in [0.4, 0.5) is 0 Å². The molecule has 0 saturated carbocycles. The van der Waals surface area contributed by atoms with Crippen LogP contribution in [0.2, 0.25) is 10.3 Å². The maximum Gasteiger partial charge on any atom is 0.223 e. The van der Waals surface area contributed by atoms with E-state index in [0.29, 0.717) is 45.5 Å². The number of hydrogen-bond acceptors (Lipinski definition) is 13. The average molecular weight is 661 g/mol. The topological polar surface area (TPSA) is 157 Å². The van der Waals surface area contributed by atoms with Crippen LogP contribution < -0.4 is 9.47 Å². The smallest absolute Gasteiger partial charge is 0.223 e. The van der Waals surface area contributed by atoms with Crippen molar-refractivity contribution in [2.24, 2.45) is 0 Å². The maximum atomic E-state index is 8.87. The number of para-hydroxylation sites is 2. The molecule has 4 aromatic rings. The Bertz CT molecular complexity index is 1560. The van der Waals surface area contributed by atoms with Gasteiger partial charge in [0.05, 0.1) is 13.4 Å². The van der Waals surface area contributed by atoms with E-state index in [0.717, 1.165) is 0 Å². The Morgan fingerprint density at radius 2 is 1.18 bits per heavy atom. The minimum atomic E-state index is -0.600. The molecule has 2 N–H and O–H groups in total. The normalized spacial score (nSPS) is 11.6. The molecule has 0 fully saturated rings. The fourth-order valence-electron chi connectivity index (χ4n) is 3.68. The summed E-state index contributed by atoms with van der Waals surface area (Å²) in [5.74, 6) is 1.63. The Morgan fingerprint density at radius 3 is 1.62 bits per heavy atom. The molecule has 2 aromatic heterocycles. The monoisotopic (exact) mass is 660 g/mol. The summed E-state index contributed by atoms with van der Waals surface area (Å²) in [5, 5.41) is 18.1. The molecule has 0 radical (unpaired) electrons. The Labute approximate surface area is 269 Å². The van der Waals surface area contributed by atoms with Gasteiger partial charge in [-0.05, 0) is 23.8 Å². The highest BCUT2D eigenvalue weighted by molar-refractivity contribution is 6.29. The third-order valence-corrected chi connectivity index (χ3v) is 6.03. The predicted molar refractivity (Wildman–Crippen MR) is 165 cm³/mol. The summed E-state index contributed by atoms with van der Waals surface area (Å²) >= 11 is 11.6. The Balaban J connectivity index is 0.000000248. The molecule has 0 unspecified atom stereocenters. The zero-order chi connectivity index (χ0) is 32.4. The van der Waals surface area contributed by atoms with E-state index in [1.807, 2.05) is 36.4 Å². The Kier molecular flexibility index (Phi) is 15.1. The molecule has 13 nitrogen and oxygen atoms in total. The molecule has 0 saturated heterocycles. The van der Waals surface area contributed by atoms with Crippen molar-refractivity contribution >= 4 is 34.3 Å².